The number of ether oxygens (including phenoxy) is 2. The summed E-state index contributed by atoms with van der Waals surface area (Å²) >= 11 is 0. The molecule has 0 aromatic carbocycles. The van der Waals surface area contributed by atoms with E-state index in [0.29, 0.717) is 0 Å². The van der Waals surface area contributed by atoms with Crippen LogP contribution in [0.5, 0.6) is 0 Å². The third-order valence-corrected chi connectivity index (χ3v) is 0.970. The van der Waals surface area contributed by atoms with E-state index >= 15 is 0 Å². The minimum absolute atomic E-state index is 0. The van der Waals surface area contributed by atoms with Crippen LogP contribution >= 0.6 is 0 Å². The van der Waals surface area contributed by atoms with Crippen molar-refractivity contribution in [3.05, 3.63) is 5.32 Å². The molecule has 0 heterocycles. The van der Waals surface area contributed by atoms with Gasteiger partial charge < -0.3 is 14.8 Å². The van der Waals surface area contributed by atoms with Crippen LogP contribution in [0.25, 0.3) is 5.32 Å². The number of hydrogen-bond donors (Lipinski definition) is 0. The first-order chi connectivity index (χ1) is 6.49. The minimum atomic E-state index is -0.934. The van der Waals surface area contributed by atoms with Gasteiger partial charge in [-0.2, -0.15) is 0 Å². The number of nitrogens with zero attached hydrogens (tertiary/aromatic N) is 1. The number of carbonyl (C=O) groups is 2. The molecule has 0 N–H and O–H groups in total. The van der Waals surface area contributed by atoms with Gasteiger partial charge in [-0.05, 0) is 41.5 Å². The van der Waals surface area contributed by atoms with Gasteiger partial charge in [-0.25, -0.2) is 0 Å². The van der Waals surface area contributed by atoms with Crippen LogP contribution in [0, 0.1) is 0 Å². The van der Waals surface area contributed by atoms with Crippen molar-refractivity contribution in [1.29, 1.82) is 0 Å². The molecule has 0 aliphatic rings. The predicted octanol–water partition coefficient (Wildman–Crippen LogP) is 0.234. The summed E-state index contributed by atoms with van der Waals surface area (Å²) in [5, 5.41) is 3.13. The molecule has 5 nitrogen and oxygen atoms in total. The quantitative estimate of drug-likeness (QED) is 0.581. The molecule has 0 rings (SSSR count). The van der Waals surface area contributed by atoms with Crippen molar-refractivity contribution in [1.82, 2.24) is 0 Å². The van der Waals surface area contributed by atoms with Gasteiger partial charge >= 0.3 is 51.4 Å². The molecule has 0 atom stereocenters. The van der Waals surface area contributed by atoms with E-state index in [1.54, 1.807) is 41.5 Å². The summed E-state index contributed by atoms with van der Waals surface area (Å²) in [4.78, 5) is 22.1. The van der Waals surface area contributed by atoms with Gasteiger partial charge in [-0.1, -0.05) is 0 Å². The van der Waals surface area contributed by atoms with Crippen molar-refractivity contribution >= 4 is 12.2 Å². The molecule has 0 fully saturated rings. The molecule has 0 bridgehead atoms. The predicted molar refractivity (Wildman–Crippen MR) is 55.8 cm³/mol. The molecule has 0 saturated carbocycles. The first kappa shape index (κ1) is 18.7. The average Bonchev–Trinajstić information content (AvgIpc) is 1.73. The molecule has 0 unspecified atom stereocenters. The van der Waals surface area contributed by atoms with E-state index in [1.807, 2.05) is 0 Å². The van der Waals surface area contributed by atoms with Gasteiger partial charge in [0.2, 0.25) is 12.2 Å². The van der Waals surface area contributed by atoms with Gasteiger partial charge in [0.05, 0.1) is 0 Å². The Morgan fingerprint density at radius 3 is 1.25 bits per heavy atom. The first-order valence-corrected chi connectivity index (χ1v) is 4.67. The molecule has 0 aromatic heterocycles. The molecule has 0 aromatic rings. The summed E-state index contributed by atoms with van der Waals surface area (Å²) in [6.45, 7) is 10.1. The standard InChI is InChI=1S/C10H19NO4.K/c1-9(2,3)14-7(12)11-8(13)15-10(4,5)6;/h1-6H3,(H,11,12,13);/q;+1/p-1. The summed E-state index contributed by atoms with van der Waals surface area (Å²) in [5.41, 5.74) is -1.33. The average molecular weight is 255 g/mol. The van der Waals surface area contributed by atoms with Gasteiger partial charge in [-0.3, -0.25) is 9.59 Å². The second-order valence-corrected chi connectivity index (χ2v) is 5.07. The molecule has 16 heavy (non-hydrogen) atoms. The van der Waals surface area contributed by atoms with Crippen LogP contribution in [0.1, 0.15) is 41.5 Å². The van der Waals surface area contributed by atoms with Gasteiger partial charge in [0.15, 0.2) is 0 Å². The molecule has 2 amide bonds. The van der Waals surface area contributed by atoms with Crippen LogP contribution in [0.3, 0.4) is 0 Å². The van der Waals surface area contributed by atoms with Crippen molar-refractivity contribution in [3.8, 4) is 0 Å². The fourth-order valence-corrected chi connectivity index (χ4v) is 0.644. The fourth-order valence-electron chi connectivity index (χ4n) is 0.644. The van der Waals surface area contributed by atoms with Crippen LogP contribution in [0.2, 0.25) is 0 Å². The largest absolute Gasteiger partial charge is 1.00 e. The van der Waals surface area contributed by atoms with E-state index in [-0.39, 0.29) is 51.4 Å². The maximum Gasteiger partial charge on any atom is 1.00 e. The maximum absolute atomic E-state index is 11.1. The van der Waals surface area contributed by atoms with Gasteiger partial charge in [0.25, 0.3) is 0 Å². The van der Waals surface area contributed by atoms with Crippen molar-refractivity contribution in [2.75, 3.05) is 0 Å². The molecule has 0 radical (unpaired) electrons. The zero-order valence-electron chi connectivity index (χ0n) is 11.1. The number of rotatable bonds is 0. The Morgan fingerprint density at radius 2 is 1.06 bits per heavy atom. The summed E-state index contributed by atoms with van der Waals surface area (Å²) in [6, 6.07) is 0. The van der Waals surface area contributed by atoms with Crippen molar-refractivity contribution in [2.45, 2.75) is 52.7 Å². The Bertz CT molecular complexity index is 227. The Labute approximate surface area is 139 Å². The molecule has 0 aliphatic carbocycles. The fraction of sp³-hybridized carbons (Fsp3) is 0.800. The zero-order valence-corrected chi connectivity index (χ0v) is 14.2. The van der Waals surface area contributed by atoms with E-state index in [9.17, 15) is 9.59 Å². The number of carbonyl (C=O) groups excluding carboxylic acids is 2. The van der Waals surface area contributed by atoms with E-state index in [4.69, 9.17) is 9.47 Å². The second kappa shape index (κ2) is 6.95. The third kappa shape index (κ3) is 12.4. The molecule has 88 valence electrons. The molecule has 0 aliphatic heterocycles. The zero-order chi connectivity index (χ0) is 12.3. The Hall–Kier alpha value is 0.376. The van der Waals surface area contributed by atoms with Gasteiger partial charge in [-0.15, -0.1) is 0 Å². The van der Waals surface area contributed by atoms with Crippen LogP contribution in [-0.2, 0) is 9.47 Å². The van der Waals surface area contributed by atoms with Crippen LogP contribution in [0.15, 0.2) is 0 Å². The molecule has 6 heteroatoms. The maximum atomic E-state index is 11.1. The summed E-state index contributed by atoms with van der Waals surface area (Å²) in [6.07, 6.45) is -1.87. The smallest absolute Gasteiger partial charge is 0.524 e. The third-order valence-electron chi connectivity index (χ3n) is 0.970. The number of imide groups is 1. The van der Waals surface area contributed by atoms with Gasteiger partial charge in [0.1, 0.15) is 11.2 Å². The van der Waals surface area contributed by atoms with Crippen LogP contribution in [0.4, 0.5) is 9.59 Å². The van der Waals surface area contributed by atoms with Crippen LogP contribution in [-0.4, -0.2) is 23.4 Å². The second-order valence-electron chi connectivity index (χ2n) is 5.07. The van der Waals surface area contributed by atoms with Crippen molar-refractivity contribution in [2.24, 2.45) is 0 Å². The Morgan fingerprint density at radius 1 is 0.812 bits per heavy atom. The van der Waals surface area contributed by atoms with Crippen molar-refractivity contribution in [3.63, 3.8) is 0 Å². The summed E-state index contributed by atoms with van der Waals surface area (Å²) in [5.74, 6) is 0. The molecule has 0 saturated heterocycles. The Balaban J connectivity index is 0. The number of hydrogen-bond acceptors (Lipinski definition) is 4. The molecular weight excluding hydrogens is 237 g/mol. The van der Waals surface area contributed by atoms with Gasteiger partial charge in [0, 0.05) is 0 Å². The van der Waals surface area contributed by atoms with Crippen molar-refractivity contribution < 1.29 is 70.4 Å². The van der Waals surface area contributed by atoms with E-state index in [2.05, 4.69) is 5.32 Å². The topological polar surface area (TPSA) is 66.7 Å². The summed E-state index contributed by atoms with van der Waals surface area (Å²) < 4.78 is 9.63. The molecular formula is C10H18KNO4. The molecule has 0 spiro atoms. The van der Waals surface area contributed by atoms with E-state index in [0.717, 1.165) is 0 Å². The Kier molecular flexibility index (Phi) is 8.14. The number of amides is 2. The normalized spacial score (nSPS) is 11.1. The summed E-state index contributed by atoms with van der Waals surface area (Å²) in [7, 11) is 0. The monoisotopic (exact) mass is 255 g/mol. The van der Waals surface area contributed by atoms with E-state index in [1.165, 1.54) is 0 Å². The SMILES string of the molecule is CC(C)(C)OC(=O)[N-]C(=O)OC(C)(C)C.[K+]. The van der Waals surface area contributed by atoms with Crippen LogP contribution < -0.4 is 51.4 Å². The first-order valence-electron chi connectivity index (χ1n) is 4.67. The minimum Gasteiger partial charge on any atom is -0.524 e. The van der Waals surface area contributed by atoms with E-state index < -0.39 is 23.4 Å².